The molecule has 0 saturated heterocycles. The van der Waals surface area contributed by atoms with E-state index in [1.54, 1.807) is 0 Å². The largest absolute Gasteiger partial charge is 0.378 e. The van der Waals surface area contributed by atoms with Crippen molar-refractivity contribution in [3.05, 3.63) is 0 Å². The van der Waals surface area contributed by atoms with E-state index in [1.807, 2.05) is 0 Å². The van der Waals surface area contributed by atoms with Crippen molar-refractivity contribution >= 4 is 52.4 Å². The van der Waals surface area contributed by atoms with Gasteiger partial charge in [-0.25, -0.2) is 0 Å². The van der Waals surface area contributed by atoms with Crippen LogP contribution >= 0.6 is 47.3 Å². The van der Waals surface area contributed by atoms with Crippen LogP contribution in [-0.2, 0) is 0 Å². The van der Waals surface area contributed by atoms with Crippen LogP contribution in [0.3, 0.4) is 0 Å². The summed E-state index contributed by atoms with van der Waals surface area (Å²) in [5.74, 6) is 0. The molecule has 0 aromatic carbocycles. The molecule has 0 bridgehead atoms. The first-order valence-corrected chi connectivity index (χ1v) is 2.79. The van der Waals surface area contributed by atoms with Gasteiger partial charge in [-0.3, -0.25) is 5.41 Å². The summed E-state index contributed by atoms with van der Waals surface area (Å²) in [6.45, 7) is 0. The molecule has 0 atom stereocenters. The molecule has 0 saturated carbocycles. The first-order valence-electron chi connectivity index (χ1n) is 0.925. The van der Waals surface area contributed by atoms with Crippen molar-refractivity contribution < 1.29 is 0 Å². The van der Waals surface area contributed by atoms with Gasteiger partial charge in [0.05, 0.1) is 0 Å². The molecule has 0 aliphatic carbocycles. The number of hydrogen-bond acceptors (Lipinski definition) is 3. The summed E-state index contributed by atoms with van der Waals surface area (Å²) in [5.41, 5.74) is 4.76. The van der Waals surface area contributed by atoms with E-state index in [2.05, 4.69) is 11.7 Å². The Kier molecular flexibility index (Phi) is 22.1. The minimum atomic E-state index is 0. The van der Waals surface area contributed by atoms with Crippen LogP contribution in [0.25, 0.3) is 0 Å². The van der Waals surface area contributed by atoms with Crippen LogP contribution in [0.15, 0.2) is 0 Å². The number of hydrogen-bond donors (Lipinski definition) is 3. The number of amidine groups is 1. The fourth-order valence-electron chi connectivity index (χ4n) is 0. The topological polar surface area (TPSA) is 49.9 Å². The van der Waals surface area contributed by atoms with Crippen molar-refractivity contribution in [1.82, 2.24) is 0 Å². The van der Waals surface area contributed by atoms with Gasteiger partial charge in [-0.1, -0.05) is 0 Å². The zero-order chi connectivity index (χ0) is 4.28. The molecular formula is CH6Cl2N2S2. The maximum Gasteiger partial charge on any atom is 0.161 e. The summed E-state index contributed by atoms with van der Waals surface area (Å²) in [7, 11) is 0.935. The Morgan fingerprint density at radius 3 is 1.71 bits per heavy atom. The number of thiol groups is 1. The van der Waals surface area contributed by atoms with Crippen LogP contribution in [0.2, 0.25) is 0 Å². The SMILES string of the molecule is Cl.Cl.N=C(N)SS. The van der Waals surface area contributed by atoms with Crippen molar-refractivity contribution in [2.45, 2.75) is 0 Å². The molecule has 0 aromatic rings. The highest BCUT2D eigenvalue weighted by molar-refractivity contribution is 8.74. The van der Waals surface area contributed by atoms with Gasteiger partial charge >= 0.3 is 0 Å². The molecule has 0 heterocycles. The monoisotopic (exact) mass is 180 g/mol. The summed E-state index contributed by atoms with van der Waals surface area (Å²) in [6.07, 6.45) is 0. The lowest BCUT2D eigenvalue weighted by atomic mass is 11.4. The Bertz CT molecular complexity index is 49.0. The van der Waals surface area contributed by atoms with E-state index < -0.39 is 0 Å². The molecule has 2 nitrogen and oxygen atoms in total. The molecule has 0 unspecified atom stereocenters. The summed E-state index contributed by atoms with van der Waals surface area (Å²) >= 11 is 3.58. The van der Waals surface area contributed by atoms with E-state index in [4.69, 9.17) is 11.1 Å². The minimum absolute atomic E-state index is 0. The minimum Gasteiger partial charge on any atom is -0.378 e. The van der Waals surface area contributed by atoms with Crippen LogP contribution in [0.1, 0.15) is 0 Å². The molecule has 0 aliphatic rings. The number of nitrogens with one attached hydrogen (secondary N) is 1. The highest BCUT2D eigenvalue weighted by Gasteiger charge is 1.72. The molecule has 46 valence electrons. The Balaban J connectivity index is -0.0000000800. The highest BCUT2D eigenvalue weighted by atomic mass is 35.5. The van der Waals surface area contributed by atoms with Crippen LogP contribution in [-0.4, -0.2) is 5.17 Å². The van der Waals surface area contributed by atoms with Gasteiger partial charge in [-0.2, -0.15) is 0 Å². The van der Waals surface area contributed by atoms with E-state index in [0.29, 0.717) is 0 Å². The third-order valence-electron chi connectivity index (χ3n) is 0.0983. The lowest BCUT2D eigenvalue weighted by Crippen LogP contribution is -1.99. The Morgan fingerprint density at radius 1 is 1.57 bits per heavy atom. The van der Waals surface area contributed by atoms with E-state index in [0.717, 1.165) is 10.8 Å². The van der Waals surface area contributed by atoms with Crippen LogP contribution < -0.4 is 5.73 Å². The molecule has 0 spiro atoms. The average molecular weight is 181 g/mol. The molecule has 0 radical (unpaired) electrons. The van der Waals surface area contributed by atoms with Gasteiger partial charge < -0.3 is 5.73 Å². The summed E-state index contributed by atoms with van der Waals surface area (Å²) < 4.78 is 0. The maximum atomic E-state index is 6.41. The normalized spacial score (nSPS) is 5.29. The van der Waals surface area contributed by atoms with Crippen molar-refractivity contribution in [2.24, 2.45) is 5.73 Å². The first-order chi connectivity index (χ1) is 2.27. The second kappa shape index (κ2) is 9.89. The predicted octanol–water partition coefficient (Wildman–Crippen LogP) is 1.30. The van der Waals surface area contributed by atoms with Gasteiger partial charge in [-0.15, -0.1) is 36.5 Å². The fraction of sp³-hybridized carbons (Fsp3) is 0. The van der Waals surface area contributed by atoms with E-state index in [9.17, 15) is 0 Å². The number of halogens is 2. The second-order valence-corrected chi connectivity index (χ2v) is 1.63. The standard InChI is InChI=1S/CH4N2S2.2ClH/c2-1(3)5-4;;/h4H,(H3,2,3);2*1H. The van der Waals surface area contributed by atoms with Crippen molar-refractivity contribution in [3.8, 4) is 0 Å². The van der Waals surface area contributed by atoms with Gasteiger partial charge in [-0.05, 0) is 10.8 Å². The van der Waals surface area contributed by atoms with Crippen molar-refractivity contribution in [2.75, 3.05) is 0 Å². The van der Waals surface area contributed by atoms with Gasteiger partial charge in [0.1, 0.15) is 0 Å². The van der Waals surface area contributed by atoms with Crippen LogP contribution in [0, 0.1) is 5.41 Å². The average Bonchev–Trinajstić information content (AvgIpc) is 1.38. The Hall–Kier alpha value is 0.750. The quantitative estimate of drug-likeness (QED) is 0.228. The van der Waals surface area contributed by atoms with E-state index >= 15 is 0 Å². The predicted molar refractivity (Wildman–Crippen MR) is 43.0 cm³/mol. The third kappa shape index (κ3) is 20.1. The first kappa shape index (κ1) is 15.7. The summed E-state index contributed by atoms with van der Waals surface area (Å²) in [4.78, 5) is 0. The molecule has 0 amide bonds. The Labute approximate surface area is 63.7 Å². The number of rotatable bonds is 0. The van der Waals surface area contributed by atoms with Gasteiger partial charge in [0.2, 0.25) is 0 Å². The van der Waals surface area contributed by atoms with E-state index in [-0.39, 0.29) is 30.0 Å². The smallest absolute Gasteiger partial charge is 0.161 e. The molecule has 0 fully saturated rings. The van der Waals surface area contributed by atoms with E-state index in [1.165, 1.54) is 0 Å². The van der Waals surface area contributed by atoms with Crippen molar-refractivity contribution in [3.63, 3.8) is 0 Å². The van der Waals surface area contributed by atoms with Gasteiger partial charge in [0.15, 0.2) is 5.17 Å². The van der Waals surface area contributed by atoms with Gasteiger partial charge in [0, 0.05) is 0 Å². The third-order valence-corrected chi connectivity index (χ3v) is 0.885. The summed E-state index contributed by atoms with van der Waals surface area (Å²) in [5, 5.41) is 6.44. The lowest BCUT2D eigenvalue weighted by Gasteiger charge is -1.77. The zero-order valence-electron chi connectivity index (χ0n) is 3.25. The molecule has 6 heteroatoms. The maximum absolute atomic E-state index is 6.41. The summed E-state index contributed by atoms with van der Waals surface area (Å²) in [6, 6.07) is 0. The van der Waals surface area contributed by atoms with Gasteiger partial charge in [0.25, 0.3) is 0 Å². The van der Waals surface area contributed by atoms with Crippen LogP contribution in [0.5, 0.6) is 0 Å². The highest BCUT2D eigenvalue weighted by Crippen LogP contribution is 1.99. The van der Waals surface area contributed by atoms with Crippen molar-refractivity contribution in [1.29, 1.82) is 5.41 Å². The zero-order valence-corrected chi connectivity index (χ0v) is 6.59. The fourth-order valence-corrected chi connectivity index (χ4v) is 0. The van der Waals surface area contributed by atoms with Crippen LogP contribution in [0.4, 0.5) is 0 Å². The number of nitrogens with two attached hydrogens (primary N) is 1. The molecule has 3 N–H and O–H groups in total. The Morgan fingerprint density at radius 2 is 1.71 bits per heavy atom. The molecule has 0 rings (SSSR count). The molecular weight excluding hydrogens is 175 g/mol. The molecule has 0 aromatic heterocycles. The second-order valence-electron chi connectivity index (χ2n) is 0.456. The lowest BCUT2D eigenvalue weighted by molar-refractivity contribution is 1.51. The molecule has 7 heavy (non-hydrogen) atoms. The molecule has 0 aliphatic heterocycles.